The summed E-state index contributed by atoms with van der Waals surface area (Å²) in [7, 11) is 0. The van der Waals surface area contributed by atoms with Crippen LogP contribution in [0.4, 0.5) is 5.82 Å². The normalized spacial score (nSPS) is 10.9. The highest BCUT2D eigenvalue weighted by molar-refractivity contribution is 6.30. The molecule has 4 aromatic rings. The minimum atomic E-state index is 0.697. The Morgan fingerprint density at radius 2 is 2.00 bits per heavy atom. The number of nitrogens with zero attached hydrogens (tertiary/aromatic N) is 4. The van der Waals surface area contributed by atoms with Gasteiger partial charge in [-0.2, -0.15) is 9.61 Å². The molecule has 0 saturated carbocycles. The van der Waals surface area contributed by atoms with Crippen LogP contribution in [0.2, 0.25) is 5.02 Å². The molecule has 0 spiro atoms. The lowest BCUT2D eigenvalue weighted by Gasteiger charge is -2.08. The fourth-order valence-corrected chi connectivity index (χ4v) is 2.96. The highest BCUT2D eigenvalue weighted by Crippen LogP contribution is 2.26. The first-order valence-corrected chi connectivity index (χ1v) is 8.40. The Labute approximate surface area is 150 Å². The molecule has 1 aromatic carbocycles. The van der Waals surface area contributed by atoms with Gasteiger partial charge in [0.15, 0.2) is 5.65 Å². The van der Waals surface area contributed by atoms with Gasteiger partial charge in [-0.3, -0.25) is 4.98 Å². The molecule has 0 amide bonds. The second kappa shape index (κ2) is 6.91. The van der Waals surface area contributed by atoms with Crippen LogP contribution < -0.4 is 5.32 Å². The quantitative estimate of drug-likeness (QED) is 0.589. The minimum absolute atomic E-state index is 0.697. The van der Waals surface area contributed by atoms with E-state index in [4.69, 9.17) is 11.6 Å². The van der Waals surface area contributed by atoms with Crippen molar-refractivity contribution in [3.8, 4) is 11.1 Å². The van der Waals surface area contributed by atoms with Gasteiger partial charge in [0.25, 0.3) is 0 Å². The molecule has 0 radical (unpaired) electrons. The van der Waals surface area contributed by atoms with Crippen molar-refractivity contribution in [1.82, 2.24) is 19.6 Å². The fourth-order valence-electron chi connectivity index (χ4n) is 2.77. The number of hydrogen-bond acceptors (Lipinski definition) is 4. The van der Waals surface area contributed by atoms with Gasteiger partial charge in [0.1, 0.15) is 5.82 Å². The summed E-state index contributed by atoms with van der Waals surface area (Å²) in [5, 5.41) is 8.60. The SMILES string of the molecule is Clc1cccc(-c2cnn3c(NCCc4cccnc4)ccnc23)c1. The lowest BCUT2D eigenvalue weighted by Crippen LogP contribution is -2.09. The molecule has 25 heavy (non-hydrogen) atoms. The second-order valence-corrected chi connectivity index (χ2v) is 6.11. The second-order valence-electron chi connectivity index (χ2n) is 5.67. The number of nitrogens with one attached hydrogen (secondary N) is 1. The standard InChI is InChI=1S/C19H16ClN5/c20-16-5-1-4-15(11-16)17-13-24-25-18(7-10-23-19(17)25)22-9-6-14-3-2-8-21-12-14/h1-5,7-8,10-13,22H,6,9H2. The summed E-state index contributed by atoms with van der Waals surface area (Å²) in [6.45, 7) is 0.789. The van der Waals surface area contributed by atoms with Gasteiger partial charge in [0.05, 0.1) is 6.20 Å². The Kier molecular flexibility index (Phi) is 4.31. The summed E-state index contributed by atoms with van der Waals surface area (Å²) in [6.07, 6.45) is 8.16. The van der Waals surface area contributed by atoms with Crippen molar-refractivity contribution in [3.05, 3.63) is 77.8 Å². The number of anilines is 1. The van der Waals surface area contributed by atoms with Crippen LogP contribution in [0, 0.1) is 0 Å². The smallest absolute Gasteiger partial charge is 0.165 e. The molecule has 0 saturated heterocycles. The van der Waals surface area contributed by atoms with Crippen LogP contribution in [0.1, 0.15) is 5.56 Å². The van der Waals surface area contributed by atoms with E-state index in [0.29, 0.717) is 5.02 Å². The average molecular weight is 350 g/mol. The predicted octanol–water partition coefficient (Wildman–Crippen LogP) is 4.10. The van der Waals surface area contributed by atoms with Gasteiger partial charge in [-0.25, -0.2) is 4.98 Å². The summed E-state index contributed by atoms with van der Waals surface area (Å²) < 4.78 is 1.82. The highest BCUT2D eigenvalue weighted by atomic mass is 35.5. The number of fused-ring (bicyclic) bond motifs is 1. The van der Waals surface area contributed by atoms with Crippen LogP contribution >= 0.6 is 11.6 Å². The molecule has 3 aromatic heterocycles. The Bertz CT molecular complexity index is 997. The van der Waals surface area contributed by atoms with Crippen LogP contribution in [0.25, 0.3) is 16.8 Å². The topological polar surface area (TPSA) is 55.1 Å². The zero-order chi connectivity index (χ0) is 17.1. The fraction of sp³-hybridized carbons (Fsp3) is 0.105. The van der Waals surface area contributed by atoms with Crippen molar-refractivity contribution in [2.45, 2.75) is 6.42 Å². The van der Waals surface area contributed by atoms with Gasteiger partial charge < -0.3 is 5.32 Å². The Morgan fingerprint density at radius 3 is 2.84 bits per heavy atom. The van der Waals surface area contributed by atoms with Gasteiger partial charge >= 0.3 is 0 Å². The van der Waals surface area contributed by atoms with Crippen molar-refractivity contribution in [2.24, 2.45) is 0 Å². The number of rotatable bonds is 5. The molecule has 0 aliphatic rings. The Hall–Kier alpha value is -2.92. The summed E-state index contributed by atoms with van der Waals surface area (Å²) in [5.74, 6) is 0.905. The molecule has 0 unspecified atom stereocenters. The molecular formula is C19H16ClN5. The minimum Gasteiger partial charge on any atom is -0.370 e. The molecule has 124 valence electrons. The lowest BCUT2D eigenvalue weighted by atomic mass is 10.1. The number of aromatic nitrogens is 4. The molecule has 3 heterocycles. The average Bonchev–Trinajstić information content (AvgIpc) is 3.08. The molecule has 4 rings (SSSR count). The predicted molar refractivity (Wildman–Crippen MR) is 99.9 cm³/mol. The number of benzene rings is 1. The van der Waals surface area contributed by atoms with E-state index in [1.807, 2.05) is 53.3 Å². The maximum Gasteiger partial charge on any atom is 0.165 e. The number of pyridine rings is 1. The van der Waals surface area contributed by atoms with Crippen molar-refractivity contribution in [2.75, 3.05) is 11.9 Å². The third-order valence-electron chi connectivity index (χ3n) is 3.98. The molecule has 5 nitrogen and oxygen atoms in total. The number of halogens is 1. The third-order valence-corrected chi connectivity index (χ3v) is 4.21. The molecule has 0 aliphatic carbocycles. The van der Waals surface area contributed by atoms with Gasteiger partial charge in [0.2, 0.25) is 0 Å². The molecule has 0 aliphatic heterocycles. The van der Waals surface area contributed by atoms with E-state index >= 15 is 0 Å². The molecule has 0 bridgehead atoms. The summed E-state index contributed by atoms with van der Waals surface area (Å²) in [4.78, 5) is 8.62. The van der Waals surface area contributed by atoms with Gasteiger partial charge in [-0.05, 0) is 41.8 Å². The highest BCUT2D eigenvalue weighted by Gasteiger charge is 2.10. The van der Waals surface area contributed by atoms with E-state index in [1.54, 1.807) is 12.4 Å². The van der Waals surface area contributed by atoms with E-state index in [2.05, 4.69) is 26.4 Å². The van der Waals surface area contributed by atoms with Crippen molar-refractivity contribution >= 4 is 23.1 Å². The summed E-state index contributed by atoms with van der Waals surface area (Å²) in [6, 6.07) is 13.7. The largest absolute Gasteiger partial charge is 0.370 e. The Morgan fingerprint density at radius 1 is 1.04 bits per heavy atom. The van der Waals surface area contributed by atoms with Crippen LogP contribution in [-0.2, 0) is 6.42 Å². The summed E-state index contributed by atoms with van der Waals surface area (Å²) >= 11 is 6.11. The van der Waals surface area contributed by atoms with Gasteiger partial charge in [-0.15, -0.1) is 0 Å². The van der Waals surface area contributed by atoms with Crippen LogP contribution in [0.15, 0.2) is 67.3 Å². The zero-order valence-corrected chi connectivity index (χ0v) is 14.2. The third kappa shape index (κ3) is 3.32. The molecule has 6 heteroatoms. The maximum absolute atomic E-state index is 6.11. The number of hydrogen-bond donors (Lipinski definition) is 1. The van der Waals surface area contributed by atoms with E-state index in [9.17, 15) is 0 Å². The van der Waals surface area contributed by atoms with E-state index in [0.717, 1.165) is 35.6 Å². The first kappa shape index (κ1) is 15.6. The summed E-state index contributed by atoms with van der Waals surface area (Å²) in [5.41, 5.74) is 3.95. The Balaban J connectivity index is 1.59. The van der Waals surface area contributed by atoms with Crippen molar-refractivity contribution < 1.29 is 0 Å². The molecule has 0 atom stereocenters. The van der Waals surface area contributed by atoms with E-state index in [-0.39, 0.29) is 0 Å². The zero-order valence-electron chi connectivity index (χ0n) is 13.4. The lowest BCUT2D eigenvalue weighted by molar-refractivity contribution is 0.911. The molecule has 0 fully saturated rings. The molecular weight excluding hydrogens is 334 g/mol. The monoisotopic (exact) mass is 349 g/mol. The van der Waals surface area contributed by atoms with Gasteiger partial charge in [-0.1, -0.05) is 29.8 Å². The first-order valence-electron chi connectivity index (χ1n) is 8.03. The van der Waals surface area contributed by atoms with E-state index < -0.39 is 0 Å². The first-order chi connectivity index (χ1) is 12.3. The van der Waals surface area contributed by atoms with Crippen LogP contribution in [0.5, 0.6) is 0 Å². The molecule has 1 N–H and O–H groups in total. The van der Waals surface area contributed by atoms with Crippen LogP contribution in [0.3, 0.4) is 0 Å². The van der Waals surface area contributed by atoms with Crippen molar-refractivity contribution in [3.63, 3.8) is 0 Å². The maximum atomic E-state index is 6.11. The van der Waals surface area contributed by atoms with Crippen molar-refractivity contribution in [1.29, 1.82) is 0 Å². The van der Waals surface area contributed by atoms with Gasteiger partial charge in [0, 0.05) is 35.7 Å². The van der Waals surface area contributed by atoms with E-state index in [1.165, 1.54) is 5.56 Å². The van der Waals surface area contributed by atoms with Crippen LogP contribution in [-0.4, -0.2) is 26.1 Å².